The molecule has 82 valence electrons. The third kappa shape index (κ3) is 3.27. The average molecular weight is 201 g/mol. The molecule has 1 aliphatic rings. The summed E-state index contributed by atoms with van der Waals surface area (Å²) in [6.07, 6.45) is 1.12. The minimum Gasteiger partial charge on any atom is -0.393 e. The van der Waals surface area contributed by atoms with Gasteiger partial charge in [-0.25, -0.2) is 0 Å². The van der Waals surface area contributed by atoms with Crippen LogP contribution in [0.1, 0.15) is 19.8 Å². The summed E-state index contributed by atoms with van der Waals surface area (Å²) in [5.41, 5.74) is 0. The number of rotatable bonds is 4. The van der Waals surface area contributed by atoms with Gasteiger partial charge < -0.3 is 14.7 Å². The lowest BCUT2D eigenvalue weighted by Gasteiger charge is -2.20. The van der Waals surface area contributed by atoms with Crippen LogP contribution in [-0.4, -0.2) is 48.8 Å². The molecule has 14 heavy (non-hydrogen) atoms. The maximum absolute atomic E-state index is 11.7. The predicted octanol–water partition coefficient (Wildman–Crippen LogP) is 0.252. The molecule has 2 unspecified atom stereocenters. The molecule has 4 heteroatoms. The summed E-state index contributed by atoms with van der Waals surface area (Å²) in [5.74, 6) is 0.178. The molecule has 2 atom stereocenters. The molecule has 0 bridgehead atoms. The molecule has 4 nitrogen and oxygen atoms in total. The molecule has 1 rings (SSSR count). The van der Waals surface area contributed by atoms with E-state index in [1.54, 1.807) is 18.9 Å². The van der Waals surface area contributed by atoms with Crippen molar-refractivity contribution in [2.24, 2.45) is 5.92 Å². The van der Waals surface area contributed by atoms with Crippen LogP contribution in [0.2, 0.25) is 0 Å². The number of ether oxygens (including phenoxy) is 1. The van der Waals surface area contributed by atoms with Gasteiger partial charge >= 0.3 is 0 Å². The maximum Gasteiger partial charge on any atom is 0.227 e. The quantitative estimate of drug-likeness (QED) is 0.709. The van der Waals surface area contributed by atoms with Crippen LogP contribution < -0.4 is 0 Å². The van der Waals surface area contributed by atoms with Crippen molar-refractivity contribution >= 4 is 5.91 Å². The van der Waals surface area contributed by atoms with Crippen LogP contribution in [0.15, 0.2) is 0 Å². The molecular weight excluding hydrogens is 182 g/mol. The highest BCUT2D eigenvalue weighted by atomic mass is 16.5. The van der Waals surface area contributed by atoms with Gasteiger partial charge in [-0.05, 0) is 19.8 Å². The van der Waals surface area contributed by atoms with E-state index in [0.717, 1.165) is 6.42 Å². The Morgan fingerprint density at radius 2 is 2.43 bits per heavy atom. The maximum atomic E-state index is 11.7. The van der Waals surface area contributed by atoms with Crippen molar-refractivity contribution in [2.75, 3.05) is 26.8 Å². The number of aliphatic hydroxyl groups is 1. The van der Waals surface area contributed by atoms with Gasteiger partial charge in [0.25, 0.3) is 0 Å². The first-order valence-electron chi connectivity index (χ1n) is 5.12. The van der Waals surface area contributed by atoms with Gasteiger partial charge in [-0.1, -0.05) is 0 Å². The van der Waals surface area contributed by atoms with Crippen molar-refractivity contribution in [2.45, 2.75) is 25.9 Å². The summed E-state index contributed by atoms with van der Waals surface area (Å²) in [6, 6.07) is 0. The van der Waals surface area contributed by atoms with Crippen LogP contribution in [0, 0.1) is 5.92 Å². The van der Waals surface area contributed by atoms with Crippen LogP contribution in [0.25, 0.3) is 0 Å². The fourth-order valence-electron chi connectivity index (χ4n) is 1.53. The molecule has 0 aliphatic carbocycles. The molecule has 1 fully saturated rings. The largest absolute Gasteiger partial charge is 0.393 e. The van der Waals surface area contributed by atoms with E-state index in [0.29, 0.717) is 26.2 Å². The van der Waals surface area contributed by atoms with Gasteiger partial charge in [0, 0.05) is 20.2 Å². The van der Waals surface area contributed by atoms with E-state index in [-0.39, 0.29) is 17.9 Å². The molecule has 0 aromatic carbocycles. The Hall–Kier alpha value is -0.610. The van der Waals surface area contributed by atoms with Crippen LogP contribution in [0.5, 0.6) is 0 Å². The number of hydrogen-bond acceptors (Lipinski definition) is 3. The summed E-state index contributed by atoms with van der Waals surface area (Å²) in [5, 5.41) is 9.09. The van der Waals surface area contributed by atoms with Gasteiger partial charge in [-0.2, -0.15) is 0 Å². The normalized spacial score (nSPS) is 23.5. The number of carbonyl (C=O) groups is 1. The smallest absolute Gasteiger partial charge is 0.227 e. The van der Waals surface area contributed by atoms with Crippen molar-refractivity contribution in [3.63, 3.8) is 0 Å². The number of nitrogens with zero attached hydrogens (tertiary/aromatic N) is 1. The third-order valence-corrected chi connectivity index (χ3v) is 2.54. The minimum absolute atomic E-state index is 0.0361. The summed E-state index contributed by atoms with van der Waals surface area (Å²) in [4.78, 5) is 13.4. The van der Waals surface area contributed by atoms with Gasteiger partial charge in [0.2, 0.25) is 5.91 Å². The zero-order valence-electron chi connectivity index (χ0n) is 8.90. The fourth-order valence-corrected chi connectivity index (χ4v) is 1.53. The van der Waals surface area contributed by atoms with E-state index in [2.05, 4.69) is 0 Å². The van der Waals surface area contributed by atoms with E-state index in [1.807, 2.05) is 0 Å². The Kier molecular flexibility index (Phi) is 4.35. The van der Waals surface area contributed by atoms with Gasteiger partial charge in [0.1, 0.15) is 0 Å². The Morgan fingerprint density at radius 1 is 1.71 bits per heavy atom. The van der Waals surface area contributed by atoms with E-state index < -0.39 is 0 Å². The first kappa shape index (κ1) is 11.5. The molecule has 0 aromatic heterocycles. The van der Waals surface area contributed by atoms with Gasteiger partial charge in [-0.15, -0.1) is 0 Å². The average Bonchev–Trinajstić information content (AvgIpc) is 2.65. The molecule has 0 saturated carbocycles. The zero-order valence-corrected chi connectivity index (χ0v) is 8.90. The highest BCUT2D eigenvalue weighted by Crippen LogP contribution is 2.14. The molecule has 0 radical (unpaired) electrons. The van der Waals surface area contributed by atoms with Gasteiger partial charge in [0.05, 0.1) is 18.6 Å². The fraction of sp³-hybridized carbons (Fsp3) is 0.900. The zero-order chi connectivity index (χ0) is 10.6. The Bertz CT molecular complexity index is 188. The summed E-state index contributed by atoms with van der Waals surface area (Å²) in [6.45, 7) is 3.60. The molecule has 1 aliphatic heterocycles. The Balaban J connectivity index is 2.28. The van der Waals surface area contributed by atoms with Gasteiger partial charge in [-0.3, -0.25) is 4.79 Å². The SMILES string of the molecule is CC(O)CCN(C)C(=O)C1CCOC1. The summed E-state index contributed by atoms with van der Waals surface area (Å²) >= 11 is 0. The van der Waals surface area contributed by atoms with Crippen LogP contribution >= 0.6 is 0 Å². The van der Waals surface area contributed by atoms with E-state index >= 15 is 0 Å². The number of carbonyl (C=O) groups excluding carboxylic acids is 1. The lowest BCUT2D eigenvalue weighted by atomic mass is 10.1. The van der Waals surface area contributed by atoms with Crippen molar-refractivity contribution < 1.29 is 14.6 Å². The lowest BCUT2D eigenvalue weighted by Crippen LogP contribution is -2.34. The van der Waals surface area contributed by atoms with Crippen LogP contribution in [0.3, 0.4) is 0 Å². The second-order valence-corrected chi connectivity index (χ2v) is 3.96. The van der Waals surface area contributed by atoms with Crippen molar-refractivity contribution in [3.8, 4) is 0 Å². The lowest BCUT2D eigenvalue weighted by molar-refractivity contribution is -0.134. The third-order valence-electron chi connectivity index (χ3n) is 2.54. The summed E-state index contributed by atoms with van der Waals surface area (Å²) < 4.78 is 5.16. The molecule has 0 aromatic rings. The first-order chi connectivity index (χ1) is 6.61. The van der Waals surface area contributed by atoms with Crippen LogP contribution in [0.4, 0.5) is 0 Å². The highest BCUT2D eigenvalue weighted by Gasteiger charge is 2.25. The standard InChI is InChI=1S/C10H19NO3/c1-8(12)3-5-11(2)10(13)9-4-6-14-7-9/h8-9,12H,3-7H2,1-2H3. The van der Waals surface area contributed by atoms with E-state index in [1.165, 1.54) is 0 Å². The molecule has 1 saturated heterocycles. The topological polar surface area (TPSA) is 49.8 Å². The van der Waals surface area contributed by atoms with Crippen molar-refractivity contribution in [1.82, 2.24) is 4.90 Å². The number of hydrogen-bond donors (Lipinski definition) is 1. The van der Waals surface area contributed by atoms with E-state index in [9.17, 15) is 4.79 Å². The second kappa shape index (κ2) is 5.32. The molecule has 1 N–H and O–H groups in total. The van der Waals surface area contributed by atoms with Crippen molar-refractivity contribution in [1.29, 1.82) is 0 Å². The molecule has 0 spiro atoms. The summed E-state index contributed by atoms with van der Waals surface area (Å²) in [7, 11) is 1.78. The molecule has 1 amide bonds. The first-order valence-corrected chi connectivity index (χ1v) is 5.12. The predicted molar refractivity (Wildman–Crippen MR) is 52.9 cm³/mol. The highest BCUT2D eigenvalue weighted by molar-refractivity contribution is 5.78. The second-order valence-electron chi connectivity index (χ2n) is 3.96. The number of amides is 1. The van der Waals surface area contributed by atoms with Crippen molar-refractivity contribution in [3.05, 3.63) is 0 Å². The minimum atomic E-state index is -0.343. The van der Waals surface area contributed by atoms with E-state index in [4.69, 9.17) is 9.84 Å². The Labute approximate surface area is 84.8 Å². The Morgan fingerprint density at radius 3 is 2.93 bits per heavy atom. The van der Waals surface area contributed by atoms with Gasteiger partial charge in [0.15, 0.2) is 0 Å². The molecular formula is C10H19NO3. The molecule has 1 heterocycles. The monoisotopic (exact) mass is 201 g/mol. The van der Waals surface area contributed by atoms with Crippen LogP contribution in [-0.2, 0) is 9.53 Å². The number of aliphatic hydroxyl groups excluding tert-OH is 1.